The van der Waals surface area contributed by atoms with Gasteiger partial charge < -0.3 is 4.90 Å². The minimum atomic E-state index is -0.655. The lowest BCUT2D eigenvalue weighted by Crippen LogP contribution is -2.47. The zero-order valence-electron chi connectivity index (χ0n) is 32.8. The van der Waals surface area contributed by atoms with Crippen molar-refractivity contribution in [2.45, 2.75) is 57.8 Å². The summed E-state index contributed by atoms with van der Waals surface area (Å²) in [4.78, 5) is 1.95. The van der Waals surface area contributed by atoms with Gasteiger partial charge in [-0.15, -0.1) is 10.9 Å². The Morgan fingerprint density at radius 1 is 0.536 bits per heavy atom. The molecule has 0 spiro atoms. The molecule has 5 aromatic rings. The minimum absolute atomic E-state index is 0.198. The van der Waals surface area contributed by atoms with Crippen LogP contribution in [0, 0.1) is 0 Å². The first-order chi connectivity index (χ1) is 26.1. The zero-order chi connectivity index (χ0) is 40.9. The van der Waals surface area contributed by atoms with Crippen LogP contribution in [0.5, 0.6) is 0 Å². The van der Waals surface area contributed by atoms with E-state index in [0.717, 1.165) is 55.6 Å². The third kappa shape index (κ3) is 4.82. The fourth-order valence-corrected chi connectivity index (χ4v) is 9.98. The molecule has 0 aromatic heterocycles. The van der Waals surface area contributed by atoms with E-state index in [1.807, 2.05) is 41.3 Å². The molecule has 3 aliphatic carbocycles. The van der Waals surface area contributed by atoms with E-state index in [2.05, 4.69) is 60.8 Å². The summed E-state index contributed by atoms with van der Waals surface area (Å²) in [5, 5.41) is 0. The molecule has 0 aliphatic heterocycles. The predicted molar refractivity (Wildman–Crippen MR) is 250 cm³/mol. The monoisotopic (exact) mass is 695 g/mol. The van der Waals surface area contributed by atoms with Crippen molar-refractivity contribution in [3.05, 3.63) is 107 Å². The molecular weight excluding hydrogens is 663 g/mol. The number of hydrogen-bond acceptors (Lipinski definition) is 1. The van der Waals surface area contributed by atoms with Gasteiger partial charge in [-0.2, -0.15) is 0 Å². The second-order valence-corrected chi connectivity index (χ2v) is 16.9. The van der Waals surface area contributed by atoms with Crippen LogP contribution in [0.25, 0.3) is 27.8 Å². The lowest BCUT2D eigenvalue weighted by molar-refractivity contribution is 0.661. The van der Waals surface area contributed by atoms with Gasteiger partial charge in [-0.1, -0.05) is 147 Å². The molecule has 0 saturated heterocycles. The summed E-state index contributed by atoms with van der Waals surface area (Å²) in [6.45, 7) is 21.3. The van der Waals surface area contributed by atoms with Crippen LogP contribution in [-0.4, -0.2) is 78.5 Å². The van der Waals surface area contributed by atoms with Crippen LogP contribution >= 0.6 is 0 Å². The Labute approximate surface area is 345 Å². The molecule has 20 radical (unpaired) electrons. The molecule has 0 N–H and O–H groups in total. The standard InChI is InChI=1S/C45H31B10N/c1-9-11-21-18(2)29-34(44(21,5)6)38(53)39(54)40(55)41(29)56(28-17-24-32(37(52)36(28)51)31-22(43(24,3)4)12-10-13-25(31)47)42-30-20-14-19(46)15-26(48)33(20)45(7,8)23(30)16-27(49)35(42)50/h9-17H,1-2H2,3-8H3/b21-11+. The highest BCUT2D eigenvalue weighted by molar-refractivity contribution is 6.61. The molecule has 0 bridgehead atoms. The summed E-state index contributed by atoms with van der Waals surface area (Å²) in [6.07, 6.45) is 3.67. The predicted octanol–water partition coefficient (Wildman–Crippen LogP) is 0.124. The van der Waals surface area contributed by atoms with E-state index >= 15 is 0 Å². The normalized spacial score (nSPS) is 17.0. The van der Waals surface area contributed by atoms with Gasteiger partial charge in [0.15, 0.2) is 0 Å². The quantitative estimate of drug-likeness (QED) is 0.242. The summed E-state index contributed by atoms with van der Waals surface area (Å²) in [5.74, 6) is 0. The lowest BCUT2D eigenvalue weighted by Gasteiger charge is -2.38. The molecule has 0 unspecified atom stereocenters. The smallest absolute Gasteiger partial charge is 0.115 e. The molecular formula is C45H31B10N. The van der Waals surface area contributed by atoms with E-state index in [0.29, 0.717) is 61.0 Å². The highest BCUT2D eigenvalue weighted by Crippen LogP contribution is 2.56. The van der Waals surface area contributed by atoms with E-state index in [-0.39, 0.29) is 21.9 Å². The van der Waals surface area contributed by atoms with Gasteiger partial charge in [-0.25, -0.2) is 0 Å². The van der Waals surface area contributed by atoms with Crippen LogP contribution < -0.4 is 59.5 Å². The van der Waals surface area contributed by atoms with Crippen molar-refractivity contribution >= 4 is 156 Å². The number of hydrogen-bond donors (Lipinski definition) is 0. The number of allylic oxidation sites excluding steroid dienone is 4. The average molecular weight is 694 g/mol. The summed E-state index contributed by atoms with van der Waals surface area (Å²) >= 11 is 0. The van der Waals surface area contributed by atoms with E-state index in [4.69, 9.17) is 78.5 Å². The zero-order valence-corrected chi connectivity index (χ0v) is 32.8. The van der Waals surface area contributed by atoms with Gasteiger partial charge in [0, 0.05) is 44.4 Å². The number of anilines is 3. The Kier molecular flexibility index (Phi) is 8.54. The number of fused-ring (bicyclic) bond motifs is 7. The molecule has 0 fully saturated rings. The first kappa shape index (κ1) is 38.6. The Bertz CT molecular complexity index is 2720. The van der Waals surface area contributed by atoms with Crippen LogP contribution in [0.1, 0.15) is 74.9 Å². The molecule has 0 amide bonds. The second kappa shape index (κ2) is 12.4. The van der Waals surface area contributed by atoms with Crippen LogP contribution in [-0.2, 0) is 16.2 Å². The molecule has 246 valence electrons. The van der Waals surface area contributed by atoms with E-state index in [1.54, 1.807) is 12.1 Å². The van der Waals surface area contributed by atoms with Gasteiger partial charge in [0.25, 0.3) is 0 Å². The highest BCUT2D eigenvalue weighted by atomic mass is 15.2. The minimum Gasteiger partial charge on any atom is -0.311 e. The molecule has 11 heteroatoms. The van der Waals surface area contributed by atoms with E-state index < -0.39 is 16.2 Å². The third-order valence-electron chi connectivity index (χ3n) is 12.7. The van der Waals surface area contributed by atoms with Crippen molar-refractivity contribution in [3.63, 3.8) is 0 Å². The van der Waals surface area contributed by atoms with Crippen molar-refractivity contribution in [1.82, 2.24) is 0 Å². The molecule has 1 nitrogen and oxygen atoms in total. The van der Waals surface area contributed by atoms with Crippen LogP contribution in [0.15, 0.2) is 73.3 Å². The van der Waals surface area contributed by atoms with Gasteiger partial charge >= 0.3 is 0 Å². The third-order valence-corrected chi connectivity index (χ3v) is 12.7. The molecule has 56 heavy (non-hydrogen) atoms. The Hall–Kier alpha value is -4.23. The lowest BCUT2D eigenvalue weighted by atomic mass is 9.64. The maximum atomic E-state index is 7.32. The molecule has 8 rings (SSSR count). The van der Waals surface area contributed by atoms with Crippen molar-refractivity contribution < 1.29 is 0 Å². The first-order valence-corrected chi connectivity index (χ1v) is 18.5. The SMILES string of the molecule is [B]c1cc([B])c2c(c1)-c1c(cc([B])c([B])c1N(c1cc3c(c([B])c1[B])-c1c([B])cccc1C3(C)C)c1c([B])c([B])c([B])c3c1C(=C)/C(=C\C=C)C3(C)C)C2(C)C. The largest absolute Gasteiger partial charge is 0.311 e. The maximum absolute atomic E-state index is 7.32. The summed E-state index contributed by atoms with van der Waals surface area (Å²) in [5.41, 5.74) is 13.2. The fourth-order valence-electron chi connectivity index (χ4n) is 9.98. The first-order valence-electron chi connectivity index (χ1n) is 18.5. The molecule has 3 aliphatic rings. The van der Waals surface area contributed by atoms with Crippen LogP contribution in [0.4, 0.5) is 17.1 Å². The van der Waals surface area contributed by atoms with Crippen molar-refractivity contribution in [3.8, 4) is 22.3 Å². The molecule has 0 heterocycles. The second-order valence-electron chi connectivity index (χ2n) is 16.9. The van der Waals surface area contributed by atoms with Crippen LogP contribution in [0.2, 0.25) is 0 Å². The van der Waals surface area contributed by atoms with Gasteiger partial charge in [0.05, 0.1) is 0 Å². The molecule has 5 aromatic carbocycles. The molecule has 0 atom stereocenters. The van der Waals surface area contributed by atoms with Crippen molar-refractivity contribution in [2.75, 3.05) is 4.90 Å². The maximum Gasteiger partial charge on any atom is 0.115 e. The molecule has 0 saturated carbocycles. The van der Waals surface area contributed by atoms with Gasteiger partial charge in [-0.05, 0) is 61.7 Å². The summed E-state index contributed by atoms with van der Waals surface area (Å²) < 4.78 is 0. The van der Waals surface area contributed by atoms with E-state index in [1.165, 1.54) is 0 Å². The average Bonchev–Trinajstić information content (AvgIpc) is 3.57. The van der Waals surface area contributed by atoms with Gasteiger partial charge in [0.1, 0.15) is 78.5 Å². The van der Waals surface area contributed by atoms with Gasteiger partial charge in [0.2, 0.25) is 0 Å². The van der Waals surface area contributed by atoms with Crippen molar-refractivity contribution in [1.29, 1.82) is 0 Å². The van der Waals surface area contributed by atoms with E-state index in [9.17, 15) is 0 Å². The summed E-state index contributed by atoms with van der Waals surface area (Å²) in [6, 6.07) is 13.5. The summed E-state index contributed by atoms with van der Waals surface area (Å²) in [7, 11) is 69.8. The Morgan fingerprint density at radius 2 is 1.18 bits per heavy atom. The number of nitrogens with zero attached hydrogens (tertiary/aromatic N) is 1. The topological polar surface area (TPSA) is 3.24 Å². The fraction of sp³-hybridized carbons (Fsp3) is 0.200. The number of benzene rings is 5. The number of rotatable bonds is 4. The van der Waals surface area contributed by atoms with Gasteiger partial charge in [-0.3, -0.25) is 0 Å². The Balaban J connectivity index is 1.61. The highest BCUT2D eigenvalue weighted by Gasteiger charge is 2.45. The Morgan fingerprint density at radius 3 is 1.84 bits per heavy atom. The van der Waals surface area contributed by atoms with Crippen molar-refractivity contribution in [2.24, 2.45) is 0 Å². The van der Waals surface area contributed by atoms with Crippen LogP contribution in [0.3, 0.4) is 0 Å².